The van der Waals surface area contributed by atoms with Gasteiger partial charge in [-0.1, -0.05) is 23.7 Å². The van der Waals surface area contributed by atoms with Crippen molar-refractivity contribution in [2.45, 2.75) is 0 Å². The van der Waals surface area contributed by atoms with Crippen molar-refractivity contribution in [3.63, 3.8) is 0 Å². The summed E-state index contributed by atoms with van der Waals surface area (Å²) in [4.78, 5) is 0. The average Bonchev–Trinajstić information content (AvgIpc) is 2.73. The second kappa shape index (κ2) is 5.22. The molecule has 0 amide bonds. The SMILES string of the molecule is N#C/C(=C\c1ccc(Br)o1)c1ccc(Cl)cc1. The lowest BCUT2D eigenvalue weighted by Gasteiger charge is -1.98. The molecule has 0 aliphatic heterocycles. The molecule has 1 heterocycles. The van der Waals surface area contributed by atoms with E-state index in [0.29, 0.717) is 21.0 Å². The molecule has 0 N–H and O–H groups in total. The zero-order valence-corrected chi connectivity index (χ0v) is 11.0. The lowest BCUT2D eigenvalue weighted by Crippen LogP contribution is -1.80. The number of benzene rings is 1. The van der Waals surface area contributed by atoms with Crippen LogP contribution in [-0.4, -0.2) is 0 Å². The fraction of sp³-hybridized carbons (Fsp3) is 0. The van der Waals surface area contributed by atoms with E-state index >= 15 is 0 Å². The molecule has 0 saturated heterocycles. The Morgan fingerprint density at radius 2 is 1.94 bits per heavy atom. The maximum absolute atomic E-state index is 9.11. The second-order valence-electron chi connectivity index (χ2n) is 3.32. The van der Waals surface area contributed by atoms with Crippen molar-refractivity contribution in [2.75, 3.05) is 0 Å². The molecule has 4 heteroatoms. The van der Waals surface area contributed by atoms with E-state index in [9.17, 15) is 0 Å². The highest BCUT2D eigenvalue weighted by molar-refractivity contribution is 9.10. The Morgan fingerprint density at radius 3 is 2.47 bits per heavy atom. The normalized spacial score (nSPS) is 11.2. The van der Waals surface area contributed by atoms with Gasteiger partial charge in [0.2, 0.25) is 0 Å². The first-order chi connectivity index (χ1) is 8.19. The lowest BCUT2D eigenvalue weighted by atomic mass is 10.1. The van der Waals surface area contributed by atoms with Crippen molar-refractivity contribution in [1.29, 1.82) is 5.26 Å². The fourth-order valence-electron chi connectivity index (χ4n) is 1.36. The van der Waals surface area contributed by atoms with Crippen LogP contribution in [-0.2, 0) is 0 Å². The lowest BCUT2D eigenvalue weighted by molar-refractivity contribution is 0.532. The third-order valence-corrected chi connectivity index (χ3v) is 2.83. The zero-order chi connectivity index (χ0) is 12.3. The Balaban J connectivity index is 2.37. The molecule has 1 aromatic carbocycles. The van der Waals surface area contributed by atoms with Crippen molar-refractivity contribution in [3.05, 3.63) is 57.4 Å². The van der Waals surface area contributed by atoms with Gasteiger partial charge in [0.25, 0.3) is 0 Å². The Morgan fingerprint density at radius 1 is 1.24 bits per heavy atom. The van der Waals surface area contributed by atoms with Crippen molar-refractivity contribution >= 4 is 39.2 Å². The van der Waals surface area contributed by atoms with Crippen molar-refractivity contribution in [2.24, 2.45) is 0 Å². The quantitative estimate of drug-likeness (QED) is 0.750. The smallest absolute Gasteiger partial charge is 0.169 e. The highest BCUT2D eigenvalue weighted by atomic mass is 79.9. The van der Waals surface area contributed by atoms with Gasteiger partial charge in [0.1, 0.15) is 5.76 Å². The van der Waals surface area contributed by atoms with Crippen molar-refractivity contribution < 1.29 is 4.42 Å². The topological polar surface area (TPSA) is 36.9 Å². The molecule has 0 bridgehead atoms. The van der Waals surface area contributed by atoms with E-state index in [4.69, 9.17) is 21.3 Å². The third-order valence-electron chi connectivity index (χ3n) is 2.16. The number of nitriles is 1. The van der Waals surface area contributed by atoms with Crippen LogP contribution >= 0.6 is 27.5 Å². The number of halogens is 2. The maximum Gasteiger partial charge on any atom is 0.169 e. The summed E-state index contributed by atoms with van der Waals surface area (Å²) in [5.74, 6) is 0.628. The van der Waals surface area contributed by atoms with Gasteiger partial charge in [0.05, 0.1) is 11.6 Å². The zero-order valence-electron chi connectivity index (χ0n) is 8.65. The van der Waals surface area contributed by atoms with Crippen LogP contribution in [0.2, 0.25) is 5.02 Å². The highest BCUT2D eigenvalue weighted by Gasteiger charge is 2.03. The summed E-state index contributed by atoms with van der Waals surface area (Å²) >= 11 is 9.01. The van der Waals surface area contributed by atoms with Gasteiger partial charge in [-0.3, -0.25) is 0 Å². The van der Waals surface area contributed by atoms with Gasteiger partial charge < -0.3 is 4.42 Å². The summed E-state index contributed by atoms with van der Waals surface area (Å²) in [5.41, 5.74) is 1.34. The second-order valence-corrected chi connectivity index (χ2v) is 4.54. The van der Waals surface area contributed by atoms with Crippen LogP contribution in [0.3, 0.4) is 0 Å². The molecular formula is C13H7BrClNO. The van der Waals surface area contributed by atoms with Crippen LogP contribution in [0.4, 0.5) is 0 Å². The number of allylic oxidation sites excluding steroid dienone is 1. The predicted molar refractivity (Wildman–Crippen MR) is 71.3 cm³/mol. The number of hydrogen-bond donors (Lipinski definition) is 0. The summed E-state index contributed by atoms with van der Waals surface area (Å²) in [6.45, 7) is 0. The minimum atomic E-state index is 0.531. The van der Waals surface area contributed by atoms with E-state index in [1.165, 1.54) is 0 Å². The number of hydrogen-bond acceptors (Lipinski definition) is 2. The van der Waals surface area contributed by atoms with Crippen LogP contribution in [0.5, 0.6) is 0 Å². The van der Waals surface area contributed by atoms with E-state index in [0.717, 1.165) is 5.56 Å². The average molecular weight is 309 g/mol. The molecule has 84 valence electrons. The van der Waals surface area contributed by atoms with Crippen LogP contribution < -0.4 is 0 Å². The van der Waals surface area contributed by atoms with E-state index in [1.807, 2.05) is 0 Å². The Labute approximate surface area is 112 Å². The van der Waals surface area contributed by atoms with Gasteiger partial charge >= 0.3 is 0 Å². The van der Waals surface area contributed by atoms with Crippen molar-refractivity contribution in [3.8, 4) is 6.07 Å². The molecule has 1 aromatic heterocycles. The summed E-state index contributed by atoms with van der Waals surface area (Å²) < 4.78 is 5.96. The molecular weight excluding hydrogens is 302 g/mol. The van der Waals surface area contributed by atoms with E-state index in [2.05, 4.69) is 22.0 Å². The first kappa shape index (κ1) is 12.0. The Bertz CT molecular complexity index is 593. The van der Waals surface area contributed by atoms with Crippen LogP contribution in [0.15, 0.2) is 45.5 Å². The molecule has 2 aromatic rings. The monoisotopic (exact) mass is 307 g/mol. The van der Waals surface area contributed by atoms with Crippen LogP contribution in [0.1, 0.15) is 11.3 Å². The van der Waals surface area contributed by atoms with E-state index in [-0.39, 0.29) is 0 Å². The molecule has 0 unspecified atom stereocenters. The molecule has 0 spiro atoms. The van der Waals surface area contributed by atoms with Gasteiger partial charge in [-0.25, -0.2) is 0 Å². The van der Waals surface area contributed by atoms with Gasteiger partial charge in [-0.2, -0.15) is 5.26 Å². The van der Waals surface area contributed by atoms with Gasteiger partial charge in [0.15, 0.2) is 4.67 Å². The summed E-state index contributed by atoms with van der Waals surface area (Å²) in [6.07, 6.45) is 1.69. The number of furan rings is 1. The van der Waals surface area contributed by atoms with Crippen molar-refractivity contribution in [1.82, 2.24) is 0 Å². The molecule has 0 aliphatic carbocycles. The standard InChI is InChI=1S/C13H7BrClNO/c14-13-6-5-12(17-13)7-10(8-16)9-1-3-11(15)4-2-9/h1-7H/b10-7+. The Hall–Kier alpha value is -1.50. The predicted octanol–water partition coefficient (Wildman–Crippen LogP) is 4.76. The van der Waals surface area contributed by atoms with Gasteiger partial charge in [-0.15, -0.1) is 0 Å². The summed E-state index contributed by atoms with van der Waals surface area (Å²) in [5, 5.41) is 9.76. The molecule has 0 aliphatic rings. The molecule has 0 fully saturated rings. The minimum Gasteiger partial charge on any atom is -0.450 e. The molecule has 0 radical (unpaired) electrons. The summed E-state index contributed by atoms with van der Waals surface area (Å²) in [7, 11) is 0. The van der Waals surface area contributed by atoms with E-state index in [1.54, 1.807) is 42.5 Å². The largest absolute Gasteiger partial charge is 0.450 e. The molecule has 2 nitrogen and oxygen atoms in total. The number of rotatable bonds is 2. The number of nitrogens with zero attached hydrogens (tertiary/aromatic N) is 1. The Kier molecular flexibility index (Phi) is 3.68. The van der Waals surface area contributed by atoms with Crippen LogP contribution in [0.25, 0.3) is 11.6 Å². The van der Waals surface area contributed by atoms with Gasteiger partial charge in [-0.05, 0) is 51.8 Å². The van der Waals surface area contributed by atoms with Gasteiger partial charge in [0, 0.05) is 5.02 Å². The molecule has 17 heavy (non-hydrogen) atoms. The third kappa shape index (κ3) is 3.00. The molecule has 0 saturated carbocycles. The summed E-state index contributed by atoms with van der Waals surface area (Å²) in [6, 6.07) is 12.8. The fourth-order valence-corrected chi connectivity index (χ4v) is 1.80. The first-order valence-corrected chi connectivity index (χ1v) is 5.99. The minimum absolute atomic E-state index is 0.531. The first-order valence-electron chi connectivity index (χ1n) is 4.82. The molecule has 0 atom stereocenters. The maximum atomic E-state index is 9.11. The molecule has 2 rings (SSSR count). The van der Waals surface area contributed by atoms with E-state index < -0.39 is 0 Å². The van der Waals surface area contributed by atoms with Crippen LogP contribution in [0, 0.1) is 11.3 Å². The highest BCUT2D eigenvalue weighted by Crippen LogP contribution is 2.22.